The Morgan fingerprint density at radius 2 is 2.00 bits per heavy atom. The first kappa shape index (κ1) is 16.5. The van der Waals surface area contributed by atoms with E-state index in [1.165, 1.54) is 25.7 Å². The molecule has 0 aliphatic carbocycles. The van der Waals surface area contributed by atoms with Crippen molar-refractivity contribution in [1.82, 2.24) is 5.32 Å². The van der Waals surface area contributed by atoms with E-state index in [9.17, 15) is 8.42 Å². The van der Waals surface area contributed by atoms with Crippen LogP contribution in [0.4, 0.5) is 0 Å². The molecule has 2 unspecified atom stereocenters. The lowest BCUT2D eigenvalue weighted by atomic mass is 10.0. The highest BCUT2D eigenvalue weighted by molar-refractivity contribution is 7.91. The quantitative estimate of drug-likeness (QED) is 0.778. The topological polar surface area (TPSA) is 46.2 Å². The highest BCUT2D eigenvalue weighted by Gasteiger charge is 2.30. The number of fused-ring (bicyclic) bond motifs is 1. The van der Waals surface area contributed by atoms with Crippen molar-refractivity contribution < 1.29 is 8.42 Å². The Labute approximate surface area is 129 Å². The van der Waals surface area contributed by atoms with Crippen LogP contribution in [0.2, 0.25) is 0 Å². The van der Waals surface area contributed by atoms with E-state index in [1.54, 1.807) is 6.07 Å². The summed E-state index contributed by atoms with van der Waals surface area (Å²) in [7, 11) is -3.08. The Balaban J connectivity index is 1.99. The lowest BCUT2D eigenvalue weighted by molar-refractivity contribution is 0.404. The fourth-order valence-electron chi connectivity index (χ4n) is 3.07. The molecule has 1 aromatic carbocycles. The Morgan fingerprint density at radius 1 is 1.24 bits per heavy atom. The highest BCUT2D eigenvalue weighted by Crippen LogP contribution is 2.32. The van der Waals surface area contributed by atoms with Gasteiger partial charge in [0, 0.05) is 12.1 Å². The largest absolute Gasteiger partial charge is 0.307 e. The zero-order valence-electron chi connectivity index (χ0n) is 13.1. The minimum Gasteiger partial charge on any atom is -0.307 e. The normalized spacial score (nSPS) is 21.7. The molecule has 0 aromatic heterocycles. The Morgan fingerprint density at radius 3 is 2.76 bits per heavy atom. The Bertz CT molecular complexity index is 554. The first-order valence-electron chi connectivity index (χ1n) is 8.12. The zero-order valence-corrected chi connectivity index (χ0v) is 14.0. The van der Waals surface area contributed by atoms with E-state index in [0.29, 0.717) is 17.4 Å². The van der Waals surface area contributed by atoms with Gasteiger partial charge >= 0.3 is 0 Å². The van der Waals surface area contributed by atoms with Crippen LogP contribution >= 0.6 is 0 Å². The summed E-state index contributed by atoms with van der Waals surface area (Å²) in [5.74, 6) is 0.254. The van der Waals surface area contributed by atoms with E-state index in [1.807, 2.05) is 18.2 Å². The third-order valence-electron chi connectivity index (χ3n) is 4.28. The summed E-state index contributed by atoms with van der Waals surface area (Å²) in [6.45, 7) is 4.43. The molecule has 0 bridgehead atoms. The fraction of sp³-hybridized carbons (Fsp3) is 0.647. The summed E-state index contributed by atoms with van der Waals surface area (Å²) in [6, 6.07) is 8.04. The molecular weight excluding hydrogens is 282 g/mol. The lowest BCUT2D eigenvalue weighted by Gasteiger charge is -2.29. The van der Waals surface area contributed by atoms with E-state index in [2.05, 4.69) is 19.2 Å². The van der Waals surface area contributed by atoms with Gasteiger partial charge in [0.2, 0.25) is 0 Å². The summed E-state index contributed by atoms with van der Waals surface area (Å²) in [4.78, 5) is 0.520. The van der Waals surface area contributed by atoms with Gasteiger partial charge in [0.1, 0.15) is 0 Å². The van der Waals surface area contributed by atoms with Crippen LogP contribution in [0.5, 0.6) is 0 Å². The summed E-state index contributed by atoms with van der Waals surface area (Å²) < 4.78 is 24.2. The summed E-state index contributed by atoms with van der Waals surface area (Å²) in [5.41, 5.74) is 0.948. The van der Waals surface area contributed by atoms with Gasteiger partial charge in [-0.1, -0.05) is 50.8 Å². The molecule has 0 saturated carbocycles. The maximum absolute atomic E-state index is 12.1. The molecule has 1 aromatic rings. The molecular formula is C17H27NO2S. The molecule has 1 aliphatic rings. The van der Waals surface area contributed by atoms with E-state index in [-0.39, 0.29) is 11.8 Å². The van der Waals surface area contributed by atoms with Crippen LogP contribution in [-0.2, 0) is 9.84 Å². The van der Waals surface area contributed by atoms with Crippen molar-refractivity contribution in [2.45, 2.75) is 69.4 Å². The molecule has 1 N–H and O–H groups in total. The number of hydrogen-bond acceptors (Lipinski definition) is 3. The molecule has 4 heteroatoms. The first-order valence-corrected chi connectivity index (χ1v) is 9.77. The fourth-order valence-corrected chi connectivity index (χ4v) is 4.69. The van der Waals surface area contributed by atoms with Gasteiger partial charge in [-0.3, -0.25) is 0 Å². The summed E-state index contributed by atoms with van der Waals surface area (Å²) >= 11 is 0. The lowest BCUT2D eigenvalue weighted by Crippen LogP contribution is -2.35. The Kier molecular flexibility index (Phi) is 5.82. The van der Waals surface area contributed by atoms with Crippen LogP contribution in [0.15, 0.2) is 29.2 Å². The van der Waals surface area contributed by atoms with Crippen molar-refractivity contribution in [3.05, 3.63) is 29.8 Å². The molecule has 0 spiro atoms. The Hall–Kier alpha value is -0.870. The average molecular weight is 309 g/mol. The van der Waals surface area contributed by atoms with Gasteiger partial charge in [0.25, 0.3) is 0 Å². The van der Waals surface area contributed by atoms with E-state index in [4.69, 9.17) is 0 Å². The summed E-state index contributed by atoms with van der Waals surface area (Å²) in [5, 5.41) is 3.63. The van der Waals surface area contributed by atoms with Gasteiger partial charge in [-0.15, -0.1) is 0 Å². The molecule has 0 amide bonds. The van der Waals surface area contributed by atoms with Crippen molar-refractivity contribution in [2.24, 2.45) is 0 Å². The van der Waals surface area contributed by atoms with E-state index in [0.717, 1.165) is 12.0 Å². The van der Waals surface area contributed by atoms with Gasteiger partial charge in [0.15, 0.2) is 9.84 Å². The average Bonchev–Trinajstić information content (AvgIpc) is 2.47. The smallest absolute Gasteiger partial charge is 0.178 e. The number of unbranched alkanes of at least 4 members (excludes halogenated alkanes) is 3. The SMILES string of the molecule is CCCCCCC(C)NC1CCS(=O)(=O)c2ccccc21. The second kappa shape index (κ2) is 7.41. The third-order valence-corrected chi connectivity index (χ3v) is 6.10. The number of nitrogens with one attached hydrogen (secondary N) is 1. The minimum absolute atomic E-state index is 0.172. The molecule has 0 saturated heterocycles. The molecule has 3 nitrogen and oxygen atoms in total. The first-order chi connectivity index (χ1) is 10.0. The molecule has 1 aliphatic heterocycles. The van der Waals surface area contributed by atoms with Gasteiger partial charge in [-0.05, 0) is 31.4 Å². The van der Waals surface area contributed by atoms with Crippen LogP contribution in [0.25, 0.3) is 0 Å². The van der Waals surface area contributed by atoms with Crippen molar-refractivity contribution in [3.8, 4) is 0 Å². The second-order valence-electron chi connectivity index (χ2n) is 6.12. The predicted molar refractivity (Wildman–Crippen MR) is 87.2 cm³/mol. The molecule has 21 heavy (non-hydrogen) atoms. The van der Waals surface area contributed by atoms with Crippen LogP contribution < -0.4 is 5.32 Å². The molecule has 2 atom stereocenters. The summed E-state index contributed by atoms with van der Waals surface area (Å²) in [6.07, 6.45) is 6.93. The van der Waals surface area contributed by atoms with Crippen LogP contribution in [0, 0.1) is 0 Å². The van der Waals surface area contributed by atoms with Crippen LogP contribution in [0.1, 0.15) is 64.0 Å². The van der Waals surface area contributed by atoms with E-state index >= 15 is 0 Å². The van der Waals surface area contributed by atoms with Crippen molar-refractivity contribution >= 4 is 9.84 Å². The minimum atomic E-state index is -3.08. The maximum Gasteiger partial charge on any atom is 0.178 e. The zero-order chi connectivity index (χ0) is 15.3. The predicted octanol–water partition coefficient (Wildman–Crippen LogP) is 3.85. The van der Waals surface area contributed by atoms with Crippen molar-refractivity contribution in [3.63, 3.8) is 0 Å². The van der Waals surface area contributed by atoms with E-state index < -0.39 is 9.84 Å². The van der Waals surface area contributed by atoms with Crippen LogP contribution in [-0.4, -0.2) is 20.2 Å². The number of sulfone groups is 1. The van der Waals surface area contributed by atoms with Crippen molar-refractivity contribution in [1.29, 1.82) is 0 Å². The number of rotatable bonds is 7. The third kappa shape index (κ3) is 4.30. The maximum atomic E-state index is 12.1. The molecule has 0 fully saturated rings. The number of benzene rings is 1. The van der Waals surface area contributed by atoms with Crippen molar-refractivity contribution in [2.75, 3.05) is 5.75 Å². The van der Waals surface area contributed by atoms with Gasteiger partial charge in [-0.25, -0.2) is 8.42 Å². The molecule has 0 radical (unpaired) electrons. The number of hydrogen-bond donors (Lipinski definition) is 1. The molecule has 118 valence electrons. The van der Waals surface area contributed by atoms with Gasteiger partial charge < -0.3 is 5.32 Å². The standard InChI is InChI=1S/C17H27NO2S/c1-3-4-5-6-9-14(2)18-16-12-13-21(19,20)17-11-8-7-10-15(16)17/h7-8,10-11,14,16,18H,3-6,9,12-13H2,1-2H3. The molecule has 2 rings (SSSR count). The monoisotopic (exact) mass is 309 g/mol. The highest BCUT2D eigenvalue weighted by atomic mass is 32.2. The van der Waals surface area contributed by atoms with Gasteiger partial charge in [0.05, 0.1) is 10.6 Å². The van der Waals surface area contributed by atoms with Crippen LogP contribution in [0.3, 0.4) is 0 Å². The van der Waals surface area contributed by atoms with Gasteiger partial charge in [-0.2, -0.15) is 0 Å². The molecule has 1 heterocycles. The second-order valence-corrected chi connectivity index (χ2v) is 8.19.